The van der Waals surface area contributed by atoms with Crippen molar-refractivity contribution in [3.63, 3.8) is 0 Å². The molecule has 31 heteroatoms. The lowest BCUT2D eigenvalue weighted by Crippen LogP contribution is -2.46. The maximum Gasteiger partial charge on any atom is 0.310 e. The second kappa shape index (κ2) is 46.6. The number of esters is 1. The highest BCUT2D eigenvalue weighted by atomic mass is 16.7. The molecule has 776 valence electrons. The van der Waals surface area contributed by atoms with E-state index in [1.165, 1.54) is 26.8 Å². The molecule has 4 aliphatic heterocycles. The van der Waals surface area contributed by atoms with Crippen LogP contribution >= 0.6 is 0 Å². The molecule has 8 N–H and O–H groups in total. The van der Waals surface area contributed by atoms with Crippen LogP contribution in [-0.4, -0.2) is 166 Å². The molecule has 1 fully saturated rings. The van der Waals surface area contributed by atoms with Crippen LogP contribution in [0, 0.1) is 11.8 Å². The summed E-state index contributed by atoms with van der Waals surface area (Å²) in [6.07, 6.45) is 7.39. The van der Waals surface area contributed by atoms with Crippen molar-refractivity contribution in [3.05, 3.63) is 232 Å². The number of aromatic hydroxyl groups is 3. The number of rotatable bonds is 28. The van der Waals surface area contributed by atoms with Crippen LogP contribution in [0.1, 0.15) is 233 Å². The van der Waals surface area contributed by atoms with Gasteiger partial charge in [0.25, 0.3) is 11.1 Å². The first-order valence-electron chi connectivity index (χ1n) is 49.8. The highest BCUT2D eigenvalue weighted by Gasteiger charge is 2.54. The lowest BCUT2D eigenvalue weighted by molar-refractivity contribution is -0.155. The Bertz CT molecular complexity index is 6910. The number of phenolic OH excluding ortho intramolecular Hbond substituents is 3. The predicted molar refractivity (Wildman–Crippen MR) is 555 cm³/mol. The van der Waals surface area contributed by atoms with E-state index in [1.807, 2.05) is 155 Å². The Morgan fingerprint density at radius 2 is 1.03 bits per heavy atom. The zero-order chi connectivity index (χ0) is 106. The molecule has 18 rings (SSSR count). The number of ketones is 5. The standard InChI is InChI=1S/C26H28N2O4.C25H28O8.C24H24N2O4.C14H18O3.2C13H19NO3/c1-5-16-18-11-15(29)7-9-21(18)27-24-19(16)13-28-22(24)12-20-17(25(28)31)8-10-23(30)26(20,6-2)32-14(3)4;1-12(2)33-23-15-9-18-17(31-11-32-18)8-14(15)21(22-16(23)10-30-25(22)26)13-6-19(27-3)24(29-5)20(7-13)28-4;1-4-14-16-10-13(30-3)6-8-19(16)25-22-17(14)12-26-20(22)11-18-15(23(26)28)7-9-21(27)24(18,29)5-2;1-10(2)17-13-8-7-12(6-5-11(3)15)9-14(13)16-4;1-8(2)17-13-5-4-10(7-12(13)16)6-11(14)9(3)15;1-8(2)17-13-7-10(4-5-12(13)16)6-11(14)9(3)15/h7,9,11-12,14,29H,5-6,8,10,13H2,1-4H3;6-9,12,16,21-23H,10-11H2,1-5H3;6,8,10-11,29H,4-5,7,9,12H2,1-3H3;5-10H,1-4H3;2*4-5,7-8,11,16H,6,14H2,1-3H3/b;;;6-5+;;/t26-;16?,21-,22+,23+;24-;;2*11-/m010.00/s1. The third kappa shape index (κ3) is 23.1. The smallest absolute Gasteiger partial charge is 0.310 e. The quantitative estimate of drug-likeness (QED) is 0.0196. The number of phenols is 3. The predicted octanol–water partition coefficient (Wildman–Crippen LogP) is 17.6. The molecule has 3 aliphatic carbocycles. The molecule has 0 spiro atoms. The fourth-order valence-corrected chi connectivity index (χ4v) is 20.1. The topological polar surface area (TPSA) is 425 Å². The first-order chi connectivity index (χ1) is 69.5. The van der Waals surface area contributed by atoms with Gasteiger partial charge in [0.2, 0.25) is 12.5 Å². The second-order valence-electron chi connectivity index (χ2n) is 38.7. The van der Waals surface area contributed by atoms with E-state index in [-0.39, 0.29) is 131 Å². The number of Topliss-reactive ketones (excluding diaryl/α,β-unsaturated/α-hetero) is 4. The maximum absolute atomic E-state index is 13.6. The van der Waals surface area contributed by atoms with Crippen molar-refractivity contribution in [1.82, 2.24) is 19.1 Å². The number of hydrogen-bond donors (Lipinski definition) is 6. The van der Waals surface area contributed by atoms with Crippen molar-refractivity contribution < 1.29 is 111 Å². The zero-order valence-corrected chi connectivity index (χ0v) is 87.3. The van der Waals surface area contributed by atoms with Crippen LogP contribution in [0.4, 0.5) is 0 Å². The van der Waals surface area contributed by atoms with Crippen LogP contribution in [0.15, 0.2) is 143 Å². The van der Waals surface area contributed by atoms with Crippen LogP contribution < -0.4 is 70.0 Å². The molecule has 11 aromatic rings. The molecule has 0 radical (unpaired) electrons. The Hall–Kier alpha value is -14.0. The van der Waals surface area contributed by atoms with E-state index in [0.29, 0.717) is 138 Å². The summed E-state index contributed by atoms with van der Waals surface area (Å²) < 4.78 is 76.9. The number of aryl methyl sites for hydroxylation is 2. The monoisotopic (exact) mass is 2000 g/mol. The fraction of sp³-hybridized carbons (Fsp3) is 0.426. The number of methoxy groups -OCH3 is 5. The molecular weight excluding hydrogens is 1870 g/mol. The number of ether oxygens (including phenoxy) is 13. The summed E-state index contributed by atoms with van der Waals surface area (Å²) in [6.45, 7) is 33.0. The lowest BCUT2D eigenvalue weighted by Gasteiger charge is -2.39. The van der Waals surface area contributed by atoms with Gasteiger partial charge < -0.3 is 103 Å². The van der Waals surface area contributed by atoms with Gasteiger partial charge >= 0.3 is 5.97 Å². The SMILES string of the molecule is CC(=O)[C@@H](N)Cc1ccc(O)c(OC(C)C)c1.CC(=O)[C@@H](N)Cc1ccc(OC(C)C)c(O)c1.CCc1c2c(nc3ccc(O)cc13)-c1cc3c(c(=O)n1C2)CCC(=O)[C@@]3(CC)OC(C)C.CCc1c2c(nc3ccc(OC)cc13)-c1cc3c(c(=O)n1C2)CCC(=O)[C@]3(O)CC.COc1cc(/C=C/C(C)=O)ccc1OC(C)C.COc1cc([C@@H]2c3cc4c(cc3[C@H](OC(C)C)C3COC(=O)[C@@H]32)OCO4)cc(OC)c1OC. The molecule has 1 unspecified atom stereocenters. The number of benzene rings is 7. The highest BCUT2D eigenvalue weighted by molar-refractivity contribution is 5.95. The summed E-state index contributed by atoms with van der Waals surface area (Å²) in [4.78, 5) is 108. The first kappa shape index (κ1) is 109. The lowest BCUT2D eigenvalue weighted by atomic mass is 9.66. The number of aromatic nitrogens is 4. The van der Waals surface area contributed by atoms with Gasteiger partial charge in [-0.05, 0) is 301 Å². The Balaban J connectivity index is 0.000000150. The molecule has 146 heavy (non-hydrogen) atoms. The second-order valence-corrected chi connectivity index (χ2v) is 38.7. The number of aliphatic hydroxyl groups is 1. The van der Waals surface area contributed by atoms with Gasteiger partial charge in [-0.2, -0.15) is 0 Å². The maximum atomic E-state index is 13.6. The van der Waals surface area contributed by atoms with Gasteiger partial charge in [-0.25, -0.2) is 9.97 Å². The molecular formula is C115H136N6O25. The third-order valence-corrected chi connectivity index (χ3v) is 27.0. The van der Waals surface area contributed by atoms with Crippen LogP contribution in [0.5, 0.6) is 74.7 Å². The number of hydrogen-bond acceptors (Lipinski definition) is 29. The average molecular weight is 2000 g/mol. The van der Waals surface area contributed by atoms with Crippen LogP contribution in [0.2, 0.25) is 0 Å². The van der Waals surface area contributed by atoms with Crippen molar-refractivity contribution in [2.75, 3.05) is 48.9 Å². The minimum absolute atomic E-state index is 0.00577. The molecule has 8 atom stereocenters. The van der Waals surface area contributed by atoms with Crippen LogP contribution in [-0.2, 0) is 106 Å². The molecule has 8 heterocycles. The minimum Gasteiger partial charge on any atom is -0.508 e. The Morgan fingerprint density at radius 3 is 1.55 bits per heavy atom. The molecule has 0 bridgehead atoms. The molecule has 7 aliphatic rings. The van der Waals surface area contributed by atoms with Gasteiger partial charge in [-0.3, -0.25) is 38.4 Å². The Morgan fingerprint density at radius 1 is 0.507 bits per heavy atom. The summed E-state index contributed by atoms with van der Waals surface area (Å²) in [5.41, 5.74) is 25.2. The van der Waals surface area contributed by atoms with Crippen molar-refractivity contribution >= 4 is 62.8 Å². The van der Waals surface area contributed by atoms with E-state index in [4.69, 9.17) is 83.0 Å². The van der Waals surface area contributed by atoms with E-state index in [0.717, 1.165) is 113 Å². The molecule has 4 aromatic heterocycles. The molecule has 0 saturated carbocycles. The molecule has 1 saturated heterocycles. The summed E-state index contributed by atoms with van der Waals surface area (Å²) >= 11 is 0. The number of nitrogens with two attached hydrogens (primary N) is 2. The first-order valence-corrected chi connectivity index (χ1v) is 49.8. The number of fused-ring (bicyclic) bond motifs is 13. The normalized spacial score (nSPS) is 18.1. The molecule has 31 nitrogen and oxygen atoms in total. The van der Waals surface area contributed by atoms with Gasteiger partial charge in [-0.15, -0.1) is 0 Å². The number of nitrogens with zero attached hydrogens (tertiary/aromatic N) is 4. The summed E-state index contributed by atoms with van der Waals surface area (Å²) in [5.74, 6) is 4.89. The van der Waals surface area contributed by atoms with E-state index in [1.54, 1.807) is 106 Å². The van der Waals surface area contributed by atoms with E-state index < -0.39 is 29.2 Å². The average Bonchev–Trinajstić information content (AvgIpc) is 1.56. The third-order valence-electron chi connectivity index (χ3n) is 27.0. The van der Waals surface area contributed by atoms with Gasteiger partial charge in [0.1, 0.15) is 28.7 Å². The van der Waals surface area contributed by atoms with Crippen LogP contribution in [0.3, 0.4) is 0 Å². The number of allylic oxidation sites excluding steroid dienone is 1. The molecule has 7 aromatic carbocycles. The largest absolute Gasteiger partial charge is 0.508 e. The summed E-state index contributed by atoms with van der Waals surface area (Å²) in [7, 11) is 7.96. The van der Waals surface area contributed by atoms with Crippen molar-refractivity contribution in [2.24, 2.45) is 23.3 Å². The van der Waals surface area contributed by atoms with Crippen LogP contribution in [0.25, 0.3) is 50.7 Å². The van der Waals surface area contributed by atoms with Crippen molar-refractivity contribution in [1.29, 1.82) is 0 Å². The number of carbonyl (C=O) groups excluding carboxylic acids is 6. The Labute approximate surface area is 850 Å². The Kier molecular flexibility index (Phi) is 34.9. The number of carbonyl (C=O) groups is 6. The van der Waals surface area contributed by atoms with Crippen molar-refractivity contribution in [3.8, 4) is 97.5 Å². The number of pyridine rings is 4. The van der Waals surface area contributed by atoms with Crippen molar-refractivity contribution in [2.45, 2.75) is 261 Å². The van der Waals surface area contributed by atoms with E-state index in [2.05, 4.69) is 13.8 Å². The van der Waals surface area contributed by atoms with Gasteiger partial charge in [0.15, 0.2) is 80.4 Å². The molecule has 0 amide bonds. The minimum atomic E-state index is -1.59. The number of cyclic esters (lactones) is 1. The van der Waals surface area contributed by atoms with Gasteiger partial charge in [0, 0.05) is 68.8 Å². The fourth-order valence-electron chi connectivity index (χ4n) is 20.1. The summed E-state index contributed by atoms with van der Waals surface area (Å²) in [6, 6.07) is 37.2. The van der Waals surface area contributed by atoms with E-state index >= 15 is 0 Å². The van der Waals surface area contributed by atoms with E-state index in [9.17, 15) is 58.8 Å². The van der Waals surface area contributed by atoms with Gasteiger partial charge in [0.05, 0.1) is 144 Å². The van der Waals surface area contributed by atoms with Gasteiger partial charge in [-0.1, -0.05) is 52.0 Å². The summed E-state index contributed by atoms with van der Waals surface area (Å²) in [5, 5.41) is 42.4. The highest BCUT2D eigenvalue weighted by Crippen LogP contribution is 2.58. The zero-order valence-electron chi connectivity index (χ0n) is 87.3.